The van der Waals surface area contributed by atoms with E-state index in [-0.39, 0.29) is 12.5 Å². The molecule has 0 amide bonds. The first-order valence-electron chi connectivity index (χ1n) is 4.90. The Balaban J connectivity index is 2.60. The van der Waals surface area contributed by atoms with Gasteiger partial charge in [0.1, 0.15) is 5.75 Å². The number of hydrogen-bond acceptors (Lipinski definition) is 2. The van der Waals surface area contributed by atoms with E-state index in [1.54, 1.807) is 6.92 Å². The summed E-state index contributed by atoms with van der Waals surface area (Å²) in [6.07, 6.45) is -4.33. The molecule has 1 aromatic carbocycles. The van der Waals surface area contributed by atoms with Gasteiger partial charge < -0.3 is 10.5 Å². The first kappa shape index (κ1) is 13.8. The molecule has 0 saturated carbocycles. The van der Waals surface area contributed by atoms with Crippen molar-refractivity contribution < 1.29 is 17.9 Å². The van der Waals surface area contributed by atoms with E-state index >= 15 is 0 Å². The van der Waals surface area contributed by atoms with Crippen LogP contribution in [0.1, 0.15) is 12.5 Å². The van der Waals surface area contributed by atoms with Gasteiger partial charge in [0.25, 0.3) is 0 Å². The van der Waals surface area contributed by atoms with Gasteiger partial charge in [-0.3, -0.25) is 0 Å². The van der Waals surface area contributed by atoms with Crippen LogP contribution in [-0.2, 0) is 6.18 Å². The lowest BCUT2D eigenvalue weighted by atomic mass is 10.2. The summed E-state index contributed by atoms with van der Waals surface area (Å²) in [6, 6.07) is 4.49. The van der Waals surface area contributed by atoms with E-state index in [1.165, 1.54) is 12.1 Å². The zero-order valence-corrected chi connectivity index (χ0v) is 9.94. The van der Waals surface area contributed by atoms with Crippen LogP contribution >= 0.6 is 12.2 Å². The van der Waals surface area contributed by atoms with Crippen LogP contribution in [0.25, 0.3) is 0 Å². The fourth-order valence-electron chi connectivity index (χ4n) is 1.04. The van der Waals surface area contributed by atoms with Gasteiger partial charge in [0, 0.05) is 5.92 Å². The molecule has 1 unspecified atom stereocenters. The maximum Gasteiger partial charge on any atom is 0.416 e. The van der Waals surface area contributed by atoms with E-state index < -0.39 is 11.7 Å². The van der Waals surface area contributed by atoms with Gasteiger partial charge in [-0.15, -0.1) is 0 Å². The minimum atomic E-state index is -4.33. The van der Waals surface area contributed by atoms with Crippen molar-refractivity contribution >= 4 is 17.2 Å². The lowest BCUT2D eigenvalue weighted by molar-refractivity contribution is -0.137. The number of thiocarbonyl (C=S) groups is 1. The van der Waals surface area contributed by atoms with Crippen LogP contribution in [0, 0.1) is 5.92 Å². The summed E-state index contributed by atoms with van der Waals surface area (Å²) in [7, 11) is 0. The second-order valence-electron chi connectivity index (χ2n) is 3.64. The molecular formula is C11H12F3NOS. The van der Waals surface area contributed by atoms with Crippen molar-refractivity contribution in [3.63, 3.8) is 0 Å². The van der Waals surface area contributed by atoms with E-state index in [2.05, 4.69) is 0 Å². The molecule has 1 rings (SSSR count). The first-order chi connectivity index (χ1) is 7.80. The monoisotopic (exact) mass is 263 g/mol. The number of rotatable bonds is 4. The summed E-state index contributed by atoms with van der Waals surface area (Å²) in [5.41, 5.74) is 4.68. The molecule has 0 heterocycles. The second-order valence-corrected chi connectivity index (χ2v) is 4.11. The highest BCUT2D eigenvalue weighted by molar-refractivity contribution is 7.80. The second kappa shape index (κ2) is 5.35. The first-order valence-corrected chi connectivity index (χ1v) is 5.31. The minimum absolute atomic E-state index is 0.118. The van der Waals surface area contributed by atoms with Gasteiger partial charge >= 0.3 is 6.18 Å². The van der Waals surface area contributed by atoms with Gasteiger partial charge in [-0.2, -0.15) is 13.2 Å². The Labute approximate surface area is 103 Å². The molecule has 17 heavy (non-hydrogen) atoms. The summed E-state index contributed by atoms with van der Waals surface area (Å²) in [4.78, 5) is 0.317. The Kier molecular flexibility index (Phi) is 4.34. The van der Waals surface area contributed by atoms with Crippen LogP contribution in [0.5, 0.6) is 5.75 Å². The van der Waals surface area contributed by atoms with Crippen molar-refractivity contribution in [1.82, 2.24) is 0 Å². The molecule has 0 spiro atoms. The Hall–Kier alpha value is -1.30. The fraction of sp³-hybridized carbons (Fsp3) is 0.364. The third kappa shape index (κ3) is 4.22. The van der Waals surface area contributed by atoms with Crippen molar-refractivity contribution in [1.29, 1.82) is 0 Å². The van der Waals surface area contributed by atoms with Crippen LogP contribution in [0.4, 0.5) is 13.2 Å². The molecule has 2 nitrogen and oxygen atoms in total. The highest BCUT2D eigenvalue weighted by atomic mass is 32.1. The Morgan fingerprint density at radius 1 is 1.35 bits per heavy atom. The number of hydrogen-bond donors (Lipinski definition) is 1. The molecule has 1 aromatic rings. The van der Waals surface area contributed by atoms with Gasteiger partial charge in [0.05, 0.1) is 17.2 Å². The molecule has 2 N–H and O–H groups in total. The highest BCUT2D eigenvalue weighted by Gasteiger charge is 2.30. The third-order valence-electron chi connectivity index (χ3n) is 2.17. The van der Waals surface area contributed by atoms with Crippen molar-refractivity contribution in [3.8, 4) is 5.75 Å². The van der Waals surface area contributed by atoms with E-state index in [1.807, 2.05) is 0 Å². The SMILES string of the molecule is CC(COc1ccc(C(F)(F)F)cc1)C(N)=S. The predicted molar refractivity (Wildman–Crippen MR) is 62.9 cm³/mol. The molecule has 0 saturated heterocycles. The smallest absolute Gasteiger partial charge is 0.416 e. The van der Waals surface area contributed by atoms with Crippen LogP contribution in [0.15, 0.2) is 24.3 Å². The Morgan fingerprint density at radius 2 is 1.88 bits per heavy atom. The van der Waals surface area contributed by atoms with Crippen molar-refractivity contribution in [2.75, 3.05) is 6.61 Å². The number of alkyl halides is 3. The molecule has 0 aliphatic carbocycles. The number of benzene rings is 1. The van der Waals surface area contributed by atoms with Crippen LogP contribution in [-0.4, -0.2) is 11.6 Å². The zero-order chi connectivity index (χ0) is 13.1. The molecule has 0 radical (unpaired) electrons. The minimum Gasteiger partial charge on any atom is -0.493 e. The van der Waals surface area contributed by atoms with Gasteiger partial charge in [-0.1, -0.05) is 19.1 Å². The van der Waals surface area contributed by atoms with Crippen LogP contribution in [0.2, 0.25) is 0 Å². The molecule has 0 bridgehead atoms. The van der Waals surface area contributed by atoms with Crippen LogP contribution < -0.4 is 10.5 Å². The van der Waals surface area contributed by atoms with Crippen molar-refractivity contribution in [3.05, 3.63) is 29.8 Å². The highest BCUT2D eigenvalue weighted by Crippen LogP contribution is 2.30. The summed E-state index contributed by atoms with van der Waals surface area (Å²) < 4.78 is 42.1. The molecule has 0 aliphatic heterocycles. The number of halogens is 3. The molecule has 0 fully saturated rings. The average Bonchev–Trinajstić information content (AvgIpc) is 2.25. The van der Waals surface area contributed by atoms with Gasteiger partial charge in [0.15, 0.2) is 0 Å². The van der Waals surface area contributed by atoms with Crippen molar-refractivity contribution in [2.24, 2.45) is 11.7 Å². The van der Waals surface area contributed by atoms with E-state index in [4.69, 9.17) is 22.7 Å². The zero-order valence-electron chi connectivity index (χ0n) is 9.12. The standard InChI is InChI=1S/C11H12F3NOS/c1-7(10(15)17)6-16-9-4-2-8(3-5-9)11(12,13)14/h2-5,7H,6H2,1H3,(H2,15,17). The largest absolute Gasteiger partial charge is 0.493 e. The van der Waals surface area contributed by atoms with E-state index in [9.17, 15) is 13.2 Å². The number of nitrogens with two attached hydrogens (primary N) is 1. The van der Waals surface area contributed by atoms with E-state index in [0.29, 0.717) is 10.7 Å². The summed E-state index contributed by atoms with van der Waals surface area (Å²) in [5.74, 6) is 0.244. The average molecular weight is 263 g/mol. The maximum absolute atomic E-state index is 12.3. The topological polar surface area (TPSA) is 35.2 Å². The van der Waals surface area contributed by atoms with Crippen molar-refractivity contribution in [2.45, 2.75) is 13.1 Å². The lowest BCUT2D eigenvalue weighted by Gasteiger charge is -2.12. The Morgan fingerprint density at radius 3 is 2.29 bits per heavy atom. The van der Waals surface area contributed by atoms with Gasteiger partial charge in [-0.25, -0.2) is 0 Å². The molecule has 1 atom stereocenters. The third-order valence-corrected chi connectivity index (χ3v) is 2.57. The number of ether oxygens (including phenoxy) is 1. The quantitative estimate of drug-likeness (QED) is 0.848. The molecule has 0 aliphatic rings. The van der Waals surface area contributed by atoms with Crippen LogP contribution in [0.3, 0.4) is 0 Å². The molecule has 6 heteroatoms. The molecule has 94 valence electrons. The summed E-state index contributed by atoms with van der Waals surface area (Å²) in [5, 5.41) is 0. The maximum atomic E-state index is 12.3. The van der Waals surface area contributed by atoms with Gasteiger partial charge in [0.2, 0.25) is 0 Å². The normalized spacial score (nSPS) is 13.2. The molecular weight excluding hydrogens is 251 g/mol. The molecule has 0 aromatic heterocycles. The van der Waals surface area contributed by atoms with E-state index in [0.717, 1.165) is 12.1 Å². The van der Waals surface area contributed by atoms with Gasteiger partial charge in [-0.05, 0) is 24.3 Å². The fourth-order valence-corrected chi connectivity index (χ4v) is 1.11. The predicted octanol–water partition coefficient (Wildman–Crippen LogP) is 3.01. The Bertz CT molecular complexity index is 389. The lowest BCUT2D eigenvalue weighted by Crippen LogP contribution is -2.24. The summed E-state index contributed by atoms with van der Waals surface area (Å²) >= 11 is 4.75. The summed E-state index contributed by atoms with van der Waals surface area (Å²) in [6.45, 7) is 2.03.